The summed E-state index contributed by atoms with van der Waals surface area (Å²) in [5.41, 5.74) is 0.270. The largest absolute Gasteiger partial charge is 0.293 e. The van der Waals surface area contributed by atoms with Gasteiger partial charge < -0.3 is 0 Å². The van der Waals surface area contributed by atoms with E-state index >= 15 is 0 Å². The molecular formula is C17H21F2NO. The molecule has 2 fully saturated rings. The van der Waals surface area contributed by atoms with Crippen molar-refractivity contribution in [2.45, 2.75) is 44.6 Å². The van der Waals surface area contributed by atoms with E-state index in [1.807, 2.05) is 0 Å². The molecule has 0 radical (unpaired) electrons. The van der Waals surface area contributed by atoms with Gasteiger partial charge >= 0.3 is 0 Å². The number of fused-ring (bicyclic) bond motifs is 1. The zero-order chi connectivity index (χ0) is 14.8. The van der Waals surface area contributed by atoms with Gasteiger partial charge in [0.2, 0.25) is 0 Å². The standard InChI is InChI=1S/C17H21F2NO/c18-14-8-7-13(10-15(14)19)17(21)11-20-9-3-5-12-4-1-2-6-16(12)20/h7-8,10,12,16H,1-6,9,11H2/t12-,16-/m1/s1. The highest BCUT2D eigenvalue weighted by atomic mass is 19.2. The Morgan fingerprint density at radius 1 is 1.10 bits per heavy atom. The van der Waals surface area contributed by atoms with Gasteiger partial charge in [0, 0.05) is 11.6 Å². The SMILES string of the molecule is O=C(CN1CCC[C@H]2CCCC[C@H]21)c1ccc(F)c(F)c1. The lowest BCUT2D eigenvalue weighted by Gasteiger charge is -2.43. The summed E-state index contributed by atoms with van der Waals surface area (Å²) in [5, 5.41) is 0. The molecule has 2 aliphatic rings. The van der Waals surface area contributed by atoms with Crippen molar-refractivity contribution in [3.05, 3.63) is 35.4 Å². The van der Waals surface area contributed by atoms with Gasteiger partial charge in [-0.05, 0) is 56.3 Å². The molecule has 3 rings (SSSR count). The Kier molecular flexibility index (Phi) is 4.34. The van der Waals surface area contributed by atoms with Gasteiger partial charge in [-0.15, -0.1) is 0 Å². The third-order valence-corrected chi connectivity index (χ3v) is 4.95. The Labute approximate surface area is 124 Å². The van der Waals surface area contributed by atoms with Crippen LogP contribution in [0.3, 0.4) is 0 Å². The second-order valence-electron chi connectivity index (χ2n) is 6.28. The van der Waals surface area contributed by atoms with Crippen LogP contribution in [-0.4, -0.2) is 29.8 Å². The molecule has 114 valence electrons. The van der Waals surface area contributed by atoms with Crippen LogP contribution in [0, 0.1) is 17.6 Å². The number of carbonyl (C=O) groups excluding carboxylic acids is 1. The number of hydrogen-bond acceptors (Lipinski definition) is 2. The normalized spacial score (nSPS) is 26.4. The fourth-order valence-corrected chi connectivity index (χ4v) is 3.87. The van der Waals surface area contributed by atoms with Crippen LogP contribution in [0.4, 0.5) is 8.78 Å². The molecule has 1 saturated carbocycles. The Morgan fingerprint density at radius 3 is 2.67 bits per heavy atom. The molecule has 2 atom stereocenters. The maximum absolute atomic E-state index is 13.2. The molecule has 0 N–H and O–H groups in total. The van der Waals surface area contributed by atoms with Crippen LogP contribution in [0.25, 0.3) is 0 Å². The molecule has 1 heterocycles. The smallest absolute Gasteiger partial charge is 0.176 e. The van der Waals surface area contributed by atoms with Gasteiger partial charge in [0.1, 0.15) is 0 Å². The van der Waals surface area contributed by atoms with E-state index in [0.717, 1.165) is 31.5 Å². The highest BCUT2D eigenvalue weighted by molar-refractivity contribution is 5.97. The highest BCUT2D eigenvalue weighted by Gasteiger charge is 2.33. The molecule has 0 aromatic heterocycles. The van der Waals surface area contributed by atoms with Crippen LogP contribution in [0.15, 0.2) is 18.2 Å². The molecule has 0 unspecified atom stereocenters. The summed E-state index contributed by atoms with van der Waals surface area (Å²) in [5.74, 6) is -1.25. The molecule has 1 saturated heterocycles. The van der Waals surface area contributed by atoms with E-state index in [-0.39, 0.29) is 11.3 Å². The van der Waals surface area contributed by atoms with Crippen LogP contribution in [-0.2, 0) is 0 Å². The lowest BCUT2D eigenvalue weighted by atomic mass is 9.78. The quantitative estimate of drug-likeness (QED) is 0.790. The van der Waals surface area contributed by atoms with E-state index in [0.29, 0.717) is 18.5 Å². The van der Waals surface area contributed by atoms with Crippen LogP contribution in [0.5, 0.6) is 0 Å². The molecule has 0 amide bonds. The summed E-state index contributed by atoms with van der Waals surface area (Å²) < 4.78 is 26.2. The number of Topliss-reactive ketones (excluding diaryl/α,β-unsaturated/α-hetero) is 1. The second kappa shape index (κ2) is 6.22. The summed E-state index contributed by atoms with van der Waals surface area (Å²) in [7, 11) is 0. The number of rotatable bonds is 3. The highest BCUT2D eigenvalue weighted by Crippen LogP contribution is 2.35. The van der Waals surface area contributed by atoms with Crippen molar-refractivity contribution < 1.29 is 13.6 Å². The van der Waals surface area contributed by atoms with E-state index in [1.54, 1.807) is 0 Å². The molecule has 2 nitrogen and oxygen atoms in total. The molecule has 1 aromatic rings. The number of piperidine rings is 1. The fraction of sp³-hybridized carbons (Fsp3) is 0.588. The van der Waals surface area contributed by atoms with Gasteiger partial charge in [-0.25, -0.2) is 8.78 Å². The maximum atomic E-state index is 13.2. The Balaban J connectivity index is 1.69. The van der Waals surface area contributed by atoms with Crippen LogP contribution in [0.1, 0.15) is 48.9 Å². The molecule has 0 bridgehead atoms. The first-order valence-corrected chi connectivity index (χ1v) is 7.87. The number of benzene rings is 1. The van der Waals surface area contributed by atoms with E-state index < -0.39 is 11.6 Å². The van der Waals surface area contributed by atoms with E-state index in [9.17, 15) is 13.6 Å². The van der Waals surface area contributed by atoms with Gasteiger partial charge in [0.15, 0.2) is 17.4 Å². The number of ketones is 1. The van der Waals surface area contributed by atoms with Crippen molar-refractivity contribution in [3.8, 4) is 0 Å². The maximum Gasteiger partial charge on any atom is 0.176 e. The lowest BCUT2D eigenvalue weighted by Crippen LogP contribution is -2.48. The van der Waals surface area contributed by atoms with Crippen LogP contribution in [0.2, 0.25) is 0 Å². The van der Waals surface area contributed by atoms with Crippen LogP contribution < -0.4 is 0 Å². The van der Waals surface area contributed by atoms with Gasteiger partial charge in [-0.3, -0.25) is 9.69 Å². The lowest BCUT2D eigenvalue weighted by molar-refractivity contribution is 0.0539. The van der Waals surface area contributed by atoms with E-state index in [1.165, 1.54) is 31.7 Å². The first-order chi connectivity index (χ1) is 10.1. The van der Waals surface area contributed by atoms with E-state index in [2.05, 4.69) is 4.90 Å². The third kappa shape index (κ3) is 3.15. The minimum atomic E-state index is -0.949. The van der Waals surface area contributed by atoms with Crippen molar-refractivity contribution in [1.29, 1.82) is 0 Å². The van der Waals surface area contributed by atoms with Gasteiger partial charge in [-0.1, -0.05) is 12.8 Å². The fourth-order valence-electron chi connectivity index (χ4n) is 3.87. The van der Waals surface area contributed by atoms with Crippen LogP contribution >= 0.6 is 0 Å². The third-order valence-electron chi connectivity index (χ3n) is 4.95. The predicted molar refractivity (Wildman–Crippen MR) is 77.2 cm³/mol. The number of halogens is 2. The van der Waals surface area contributed by atoms with E-state index in [4.69, 9.17) is 0 Å². The molecule has 21 heavy (non-hydrogen) atoms. The van der Waals surface area contributed by atoms with Crippen molar-refractivity contribution in [2.75, 3.05) is 13.1 Å². The average Bonchev–Trinajstić information content (AvgIpc) is 2.50. The number of likely N-dealkylation sites (tertiary alicyclic amines) is 1. The average molecular weight is 293 g/mol. The zero-order valence-electron chi connectivity index (χ0n) is 12.2. The summed E-state index contributed by atoms with van der Waals surface area (Å²) in [6.45, 7) is 1.27. The van der Waals surface area contributed by atoms with Gasteiger partial charge in [0.25, 0.3) is 0 Å². The Morgan fingerprint density at radius 2 is 1.86 bits per heavy atom. The topological polar surface area (TPSA) is 20.3 Å². The number of hydrogen-bond donors (Lipinski definition) is 0. The minimum Gasteiger partial charge on any atom is -0.293 e. The summed E-state index contributed by atoms with van der Waals surface area (Å²) in [6, 6.07) is 3.92. The molecule has 0 spiro atoms. The minimum absolute atomic E-state index is 0.111. The van der Waals surface area contributed by atoms with Crippen molar-refractivity contribution in [3.63, 3.8) is 0 Å². The molecular weight excluding hydrogens is 272 g/mol. The van der Waals surface area contributed by atoms with Crippen molar-refractivity contribution in [2.24, 2.45) is 5.92 Å². The first kappa shape index (κ1) is 14.6. The van der Waals surface area contributed by atoms with Gasteiger partial charge in [-0.2, -0.15) is 0 Å². The van der Waals surface area contributed by atoms with Gasteiger partial charge in [0.05, 0.1) is 6.54 Å². The Hall–Kier alpha value is -1.29. The number of nitrogens with zero attached hydrogens (tertiary/aromatic N) is 1. The molecule has 1 aliphatic carbocycles. The molecule has 4 heteroatoms. The monoisotopic (exact) mass is 293 g/mol. The predicted octanol–water partition coefficient (Wildman–Crippen LogP) is 3.80. The first-order valence-electron chi connectivity index (χ1n) is 7.87. The second-order valence-corrected chi connectivity index (χ2v) is 6.28. The summed E-state index contributed by atoms with van der Waals surface area (Å²) in [4.78, 5) is 14.6. The Bertz CT molecular complexity index is 530. The molecule has 1 aliphatic heterocycles. The summed E-state index contributed by atoms with van der Waals surface area (Å²) in [6.07, 6.45) is 7.35. The van der Waals surface area contributed by atoms with Crippen molar-refractivity contribution in [1.82, 2.24) is 4.90 Å². The van der Waals surface area contributed by atoms with Crippen molar-refractivity contribution >= 4 is 5.78 Å². The zero-order valence-corrected chi connectivity index (χ0v) is 12.2. The summed E-state index contributed by atoms with van der Waals surface area (Å²) >= 11 is 0. The number of carbonyl (C=O) groups is 1. The molecule has 1 aromatic carbocycles.